The van der Waals surface area contributed by atoms with Gasteiger partial charge in [-0.2, -0.15) is 0 Å². The van der Waals surface area contributed by atoms with Crippen molar-refractivity contribution in [1.82, 2.24) is 5.32 Å². The van der Waals surface area contributed by atoms with Gasteiger partial charge >= 0.3 is 0 Å². The maximum atomic E-state index is 10.0. The highest BCUT2D eigenvalue weighted by Gasteiger charge is 2.23. The minimum absolute atomic E-state index is 0.275. The van der Waals surface area contributed by atoms with E-state index >= 15 is 0 Å². The molecular formula is C14H23NO. The van der Waals surface area contributed by atoms with Gasteiger partial charge in [-0.25, -0.2) is 0 Å². The van der Waals surface area contributed by atoms with E-state index in [0.717, 1.165) is 13.0 Å². The summed E-state index contributed by atoms with van der Waals surface area (Å²) in [6.45, 7) is 7.52. The summed E-state index contributed by atoms with van der Waals surface area (Å²) in [5, 5.41) is 13.3. The topological polar surface area (TPSA) is 32.3 Å². The van der Waals surface area contributed by atoms with Crippen LogP contribution in [0.1, 0.15) is 26.3 Å². The smallest absolute Gasteiger partial charge is 0.0766 e. The van der Waals surface area contributed by atoms with Crippen LogP contribution in [0.3, 0.4) is 0 Å². The molecule has 0 bridgehead atoms. The van der Waals surface area contributed by atoms with Crippen LogP contribution >= 0.6 is 0 Å². The molecule has 16 heavy (non-hydrogen) atoms. The first-order valence-electron chi connectivity index (χ1n) is 5.99. The van der Waals surface area contributed by atoms with E-state index in [0.29, 0.717) is 6.54 Å². The average molecular weight is 221 g/mol. The van der Waals surface area contributed by atoms with E-state index in [4.69, 9.17) is 0 Å². The molecule has 0 aliphatic carbocycles. The molecule has 1 aromatic carbocycles. The third-order valence-electron chi connectivity index (χ3n) is 3.16. The Labute approximate surface area is 98.7 Å². The Balaban J connectivity index is 2.22. The fourth-order valence-corrected chi connectivity index (χ4v) is 1.42. The Kier molecular flexibility index (Phi) is 4.97. The Morgan fingerprint density at radius 1 is 1.25 bits per heavy atom. The van der Waals surface area contributed by atoms with Gasteiger partial charge in [0, 0.05) is 6.54 Å². The molecule has 0 saturated heterocycles. The lowest BCUT2D eigenvalue weighted by atomic mass is 9.92. The van der Waals surface area contributed by atoms with Gasteiger partial charge in [0.1, 0.15) is 0 Å². The van der Waals surface area contributed by atoms with Crippen molar-refractivity contribution in [2.24, 2.45) is 5.92 Å². The molecule has 90 valence electrons. The summed E-state index contributed by atoms with van der Waals surface area (Å²) < 4.78 is 0. The molecule has 1 aromatic rings. The molecule has 0 amide bonds. The summed E-state index contributed by atoms with van der Waals surface area (Å²) in [6.07, 6.45) is 1.01. The van der Waals surface area contributed by atoms with E-state index in [9.17, 15) is 5.11 Å². The fraction of sp³-hybridized carbons (Fsp3) is 0.571. The second kappa shape index (κ2) is 6.02. The molecule has 2 heteroatoms. The van der Waals surface area contributed by atoms with Crippen LogP contribution in [0.4, 0.5) is 0 Å². The Morgan fingerprint density at radius 2 is 1.88 bits per heavy atom. The zero-order valence-corrected chi connectivity index (χ0v) is 10.5. The van der Waals surface area contributed by atoms with Crippen molar-refractivity contribution in [1.29, 1.82) is 0 Å². The Bertz CT molecular complexity index is 293. The molecule has 0 saturated carbocycles. The third-order valence-corrected chi connectivity index (χ3v) is 3.16. The third kappa shape index (κ3) is 4.33. The van der Waals surface area contributed by atoms with Crippen molar-refractivity contribution in [3.63, 3.8) is 0 Å². The summed E-state index contributed by atoms with van der Waals surface area (Å²) in [5.41, 5.74) is 0.718. The van der Waals surface area contributed by atoms with Crippen LogP contribution in [0.25, 0.3) is 0 Å². The molecular weight excluding hydrogens is 198 g/mol. The van der Waals surface area contributed by atoms with Crippen molar-refractivity contribution >= 4 is 0 Å². The molecule has 0 heterocycles. The highest BCUT2D eigenvalue weighted by Crippen LogP contribution is 2.14. The predicted octanol–water partition coefficient (Wildman–Crippen LogP) is 2.23. The standard InChI is InChI=1S/C14H23NO/c1-12(2)14(3,16)11-15-10-9-13-7-5-4-6-8-13/h4-8,12,15-16H,9-11H2,1-3H3. The van der Waals surface area contributed by atoms with Gasteiger partial charge in [0.15, 0.2) is 0 Å². The van der Waals surface area contributed by atoms with E-state index in [-0.39, 0.29) is 5.92 Å². The number of nitrogens with one attached hydrogen (secondary N) is 1. The lowest BCUT2D eigenvalue weighted by molar-refractivity contribution is 0.0145. The van der Waals surface area contributed by atoms with Crippen LogP contribution in [0.2, 0.25) is 0 Å². The quantitative estimate of drug-likeness (QED) is 0.722. The second-order valence-corrected chi connectivity index (χ2v) is 4.92. The van der Waals surface area contributed by atoms with Gasteiger partial charge in [-0.1, -0.05) is 44.2 Å². The van der Waals surface area contributed by atoms with Crippen molar-refractivity contribution < 1.29 is 5.11 Å². The maximum absolute atomic E-state index is 10.0. The molecule has 0 aliphatic heterocycles. The van der Waals surface area contributed by atoms with E-state index < -0.39 is 5.60 Å². The molecule has 0 spiro atoms. The zero-order valence-electron chi connectivity index (χ0n) is 10.5. The predicted molar refractivity (Wildman–Crippen MR) is 68.5 cm³/mol. The van der Waals surface area contributed by atoms with E-state index in [1.165, 1.54) is 5.56 Å². The SMILES string of the molecule is CC(C)C(C)(O)CNCCc1ccccc1. The number of aliphatic hydroxyl groups is 1. The molecule has 1 atom stereocenters. The molecule has 0 aromatic heterocycles. The maximum Gasteiger partial charge on any atom is 0.0766 e. The molecule has 0 aliphatic rings. The van der Waals surface area contributed by atoms with Gasteiger partial charge in [0.2, 0.25) is 0 Å². The lowest BCUT2D eigenvalue weighted by Crippen LogP contribution is -2.42. The summed E-state index contributed by atoms with van der Waals surface area (Å²) >= 11 is 0. The fourth-order valence-electron chi connectivity index (χ4n) is 1.42. The molecule has 0 radical (unpaired) electrons. The van der Waals surface area contributed by atoms with Gasteiger partial charge in [0.25, 0.3) is 0 Å². The molecule has 0 fully saturated rings. The monoisotopic (exact) mass is 221 g/mol. The van der Waals surface area contributed by atoms with E-state index in [2.05, 4.69) is 29.6 Å². The van der Waals surface area contributed by atoms with Crippen LogP contribution in [0.5, 0.6) is 0 Å². The van der Waals surface area contributed by atoms with Gasteiger partial charge in [-0.15, -0.1) is 0 Å². The summed E-state index contributed by atoms with van der Waals surface area (Å²) in [4.78, 5) is 0. The van der Waals surface area contributed by atoms with E-state index in [1.807, 2.05) is 26.8 Å². The van der Waals surface area contributed by atoms with Crippen LogP contribution < -0.4 is 5.32 Å². The van der Waals surface area contributed by atoms with Crippen molar-refractivity contribution in [2.45, 2.75) is 32.8 Å². The number of benzene rings is 1. The second-order valence-electron chi connectivity index (χ2n) is 4.92. The first kappa shape index (κ1) is 13.2. The Hall–Kier alpha value is -0.860. The number of hydrogen-bond acceptors (Lipinski definition) is 2. The zero-order chi connectivity index (χ0) is 12.0. The first-order valence-corrected chi connectivity index (χ1v) is 5.99. The highest BCUT2D eigenvalue weighted by atomic mass is 16.3. The minimum Gasteiger partial charge on any atom is -0.389 e. The van der Waals surface area contributed by atoms with Crippen molar-refractivity contribution in [3.05, 3.63) is 35.9 Å². The largest absolute Gasteiger partial charge is 0.389 e. The van der Waals surface area contributed by atoms with Crippen molar-refractivity contribution in [3.8, 4) is 0 Å². The van der Waals surface area contributed by atoms with Crippen LogP contribution in [-0.2, 0) is 6.42 Å². The molecule has 1 rings (SSSR count). The van der Waals surface area contributed by atoms with Gasteiger partial charge in [0.05, 0.1) is 5.60 Å². The Morgan fingerprint density at radius 3 is 2.44 bits per heavy atom. The molecule has 2 nitrogen and oxygen atoms in total. The van der Waals surface area contributed by atoms with Crippen LogP contribution in [-0.4, -0.2) is 23.8 Å². The summed E-state index contributed by atoms with van der Waals surface area (Å²) in [5.74, 6) is 0.275. The average Bonchev–Trinajstić information content (AvgIpc) is 2.26. The lowest BCUT2D eigenvalue weighted by Gasteiger charge is -2.27. The number of rotatable bonds is 6. The van der Waals surface area contributed by atoms with Crippen LogP contribution in [0.15, 0.2) is 30.3 Å². The summed E-state index contributed by atoms with van der Waals surface area (Å²) in [7, 11) is 0. The van der Waals surface area contributed by atoms with Crippen LogP contribution in [0, 0.1) is 5.92 Å². The van der Waals surface area contributed by atoms with Crippen molar-refractivity contribution in [2.75, 3.05) is 13.1 Å². The van der Waals surface area contributed by atoms with Gasteiger partial charge in [-0.3, -0.25) is 0 Å². The van der Waals surface area contributed by atoms with E-state index in [1.54, 1.807) is 0 Å². The van der Waals surface area contributed by atoms with Gasteiger partial charge in [-0.05, 0) is 31.4 Å². The molecule has 1 unspecified atom stereocenters. The minimum atomic E-state index is -0.614. The normalized spacial score (nSPS) is 15.1. The molecule has 2 N–H and O–H groups in total. The first-order chi connectivity index (χ1) is 7.52. The summed E-state index contributed by atoms with van der Waals surface area (Å²) in [6, 6.07) is 10.4. The number of hydrogen-bond donors (Lipinski definition) is 2. The highest BCUT2D eigenvalue weighted by molar-refractivity contribution is 5.14. The van der Waals surface area contributed by atoms with Gasteiger partial charge < -0.3 is 10.4 Å².